The van der Waals surface area contributed by atoms with Crippen LogP contribution in [0.5, 0.6) is 0 Å². The molecule has 1 aromatic heterocycles. The molecule has 0 aliphatic carbocycles. The van der Waals surface area contributed by atoms with Gasteiger partial charge in [0, 0.05) is 0 Å². The molecule has 0 aliphatic heterocycles. The van der Waals surface area contributed by atoms with Gasteiger partial charge in [-0.2, -0.15) is 5.10 Å². The second-order valence-corrected chi connectivity index (χ2v) is 4.53. The predicted molar refractivity (Wildman–Crippen MR) is 75.0 cm³/mol. The molecule has 0 atom stereocenters. The van der Waals surface area contributed by atoms with E-state index in [2.05, 4.69) is 35.4 Å². The number of benzene rings is 2. The van der Waals surface area contributed by atoms with Crippen LogP contribution in [0.4, 0.5) is 5.69 Å². The van der Waals surface area contributed by atoms with Crippen molar-refractivity contribution >= 4 is 16.5 Å². The van der Waals surface area contributed by atoms with Gasteiger partial charge in [0.25, 0.3) is 0 Å². The zero-order valence-corrected chi connectivity index (χ0v) is 10.5. The topological polar surface area (TPSA) is 43.8 Å². The SMILES string of the molecule is Cc1nn(-c2ccc3ccccc3c2)c(C)c1N. The summed E-state index contributed by atoms with van der Waals surface area (Å²) in [5.74, 6) is 0. The summed E-state index contributed by atoms with van der Waals surface area (Å²) in [4.78, 5) is 0. The largest absolute Gasteiger partial charge is 0.396 e. The molecule has 3 aromatic rings. The molecule has 0 saturated heterocycles. The maximum atomic E-state index is 5.97. The van der Waals surface area contributed by atoms with Gasteiger partial charge < -0.3 is 5.73 Å². The van der Waals surface area contributed by atoms with Crippen molar-refractivity contribution in [3.8, 4) is 5.69 Å². The summed E-state index contributed by atoms with van der Waals surface area (Å²) in [5.41, 5.74) is 9.65. The van der Waals surface area contributed by atoms with Crippen molar-refractivity contribution in [2.75, 3.05) is 5.73 Å². The molecule has 3 heteroatoms. The molecular formula is C15H15N3. The van der Waals surface area contributed by atoms with Crippen LogP contribution >= 0.6 is 0 Å². The van der Waals surface area contributed by atoms with E-state index in [0.717, 1.165) is 22.8 Å². The Morgan fingerprint density at radius 1 is 1.00 bits per heavy atom. The number of hydrogen-bond donors (Lipinski definition) is 1. The Bertz CT molecular complexity index is 726. The number of aryl methyl sites for hydroxylation is 1. The van der Waals surface area contributed by atoms with Crippen LogP contribution in [0.1, 0.15) is 11.4 Å². The fourth-order valence-electron chi connectivity index (χ4n) is 2.21. The first-order valence-corrected chi connectivity index (χ1v) is 5.97. The Kier molecular flexibility index (Phi) is 2.33. The molecule has 0 bridgehead atoms. The average molecular weight is 237 g/mol. The molecule has 18 heavy (non-hydrogen) atoms. The molecule has 0 radical (unpaired) electrons. The fourth-order valence-corrected chi connectivity index (χ4v) is 2.21. The van der Waals surface area contributed by atoms with Crippen LogP contribution in [0.3, 0.4) is 0 Å². The Morgan fingerprint density at radius 2 is 1.72 bits per heavy atom. The normalized spacial score (nSPS) is 11.0. The van der Waals surface area contributed by atoms with Gasteiger partial charge in [-0.15, -0.1) is 0 Å². The van der Waals surface area contributed by atoms with Gasteiger partial charge in [0.1, 0.15) is 0 Å². The highest BCUT2D eigenvalue weighted by Crippen LogP contribution is 2.22. The van der Waals surface area contributed by atoms with E-state index in [0.29, 0.717) is 0 Å². The number of hydrogen-bond acceptors (Lipinski definition) is 2. The van der Waals surface area contributed by atoms with Gasteiger partial charge in [-0.25, -0.2) is 4.68 Å². The fraction of sp³-hybridized carbons (Fsp3) is 0.133. The minimum absolute atomic E-state index is 0.767. The maximum absolute atomic E-state index is 5.97. The molecule has 0 spiro atoms. The van der Waals surface area contributed by atoms with Gasteiger partial charge in [0.2, 0.25) is 0 Å². The monoisotopic (exact) mass is 237 g/mol. The summed E-state index contributed by atoms with van der Waals surface area (Å²) in [6, 6.07) is 14.6. The molecular weight excluding hydrogens is 222 g/mol. The summed E-state index contributed by atoms with van der Waals surface area (Å²) in [6.07, 6.45) is 0. The standard InChI is InChI=1S/C15H15N3/c1-10-15(16)11(2)18(17-10)14-8-7-12-5-3-4-6-13(12)9-14/h3-9H,16H2,1-2H3. The smallest absolute Gasteiger partial charge is 0.0830 e. The lowest BCUT2D eigenvalue weighted by Crippen LogP contribution is -1.99. The quantitative estimate of drug-likeness (QED) is 0.706. The van der Waals surface area contributed by atoms with Crippen LogP contribution in [0.2, 0.25) is 0 Å². The lowest BCUT2D eigenvalue weighted by atomic mass is 10.1. The first kappa shape index (κ1) is 10.8. The molecule has 3 rings (SSSR count). The highest BCUT2D eigenvalue weighted by atomic mass is 15.3. The van der Waals surface area contributed by atoms with Crippen molar-refractivity contribution < 1.29 is 0 Å². The van der Waals surface area contributed by atoms with Crippen molar-refractivity contribution in [2.24, 2.45) is 0 Å². The number of rotatable bonds is 1. The number of nitrogens with two attached hydrogens (primary N) is 1. The second kappa shape index (κ2) is 3.88. The lowest BCUT2D eigenvalue weighted by molar-refractivity contribution is 0.835. The molecule has 0 aliphatic rings. The third-order valence-corrected chi connectivity index (χ3v) is 3.32. The zero-order chi connectivity index (χ0) is 12.7. The van der Waals surface area contributed by atoms with Crippen LogP contribution in [0.25, 0.3) is 16.5 Å². The molecule has 0 saturated carbocycles. The van der Waals surface area contributed by atoms with Crippen molar-refractivity contribution in [3.05, 3.63) is 53.9 Å². The number of anilines is 1. The first-order valence-electron chi connectivity index (χ1n) is 5.97. The maximum Gasteiger partial charge on any atom is 0.0830 e. The number of nitrogen functional groups attached to an aromatic ring is 1. The van der Waals surface area contributed by atoms with E-state index in [9.17, 15) is 0 Å². The molecule has 1 heterocycles. The molecule has 0 fully saturated rings. The van der Waals surface area contributed by atoms with Crippen molar-refractivity contribution in [1.82, 2.24) is 9.78 Å². The van der Waals surface area contributed by atoms with E-state index < -0.39 is 0 Å². The summed E-state index contributed by atoms with van der Waals surface area (Å²) in [7, 11) is 0. The third-order valence-electron chi connectivity index (χ3n) is 3.32. The van der Waals surface area contributed by atoms with Crippen molar-refractivity contribution in [3.63, 3.8) is 0 Å². The Balaban J connectivity index is 2.22. The average Bonchev–Trinajstić information content (AvgIpc) is 2.66. The lowest BCUT2D eigenvalue weighted by Gasteiger charge is -2.06. The summed E-state index contributed by atoms with van der Waals surface area (Å²) < 4.78 is 1.90. The summed E-state index contributed by atoms with van der Waals surface area (Å²) in [6.45, 7) is 3.92. The minimum atomic E-state index is 0.767. The first-order chi connectivity index (χ1) is 8.66. The number of nitrogens with zero attached hydrogens (tertiary/aromatic N) is 2. The van der Waals surface area contributed by atoms with Crippen molar-refractivity contribution in [1.29, 1.82) is 0 Å². The van der Waals surface area contributed by atoms with E-state index in [1.807, 2.05) is 30.7 Å². The van der Waals surface area contributed by atoms with Gasteiger partial charge in [-0.3, -0.25) is 0 Å². The van der Waals surface area contributed by atoms with Gasteiger partial charge in [0.15, 0.2) is 0 Å². The number of fused-ring (bicyclic) bond motifs is 1. The van der Waals surface area contributed by atoms with Gasteiger partial charge in [-0.1, -0.05) is 30.3 Å². The molecule has 0 amide bonds. The molecule has 3 nitrogen and oxygen atoms in total. The summed E-state index contributed by atoms with van der Waals surface area (Å²) >= 11 is 0. The third kappa shape index (κ3) is 1.56. The molecule has 0 unspecified atom stereocenters. The minimum Gasteiger partial charge on any atom is -0.396 e. The van der Waals surface area contributed by atoms with Crippen LogP contribution in [0.15, 0.2) is 42.5 Å². The van der Waals surface area contributed by atoms with E-state index in [-0.39, 0.29) is 0 Å². The van der Waals surface area contributed by atoms with Crippen LogP contribution < -0.4 is 5.73 Å². The highest BCUT2D eigenvalue weighted by Gasteiger charge is 2.09. The van der Waals surface area contributed by atoms with E-state index in [1.165, 1.54) is 10.8 Å². The highest BCUT2D eigenvalue weighted by molar-refractivity contribution is 5.84. The Labute approximate surface area is 106 Å². The van der Waals surface area contributed by atoms with E-state index >= 15 is 0 Å². The molecule has 2 aromatic carbocycles. The van der Waals surface area contributed by atoms with E-state index in [1.54, 1.807) is 0 Å². The van der Waals surface area contributed by atoms with Gasteiger partial charge in [0.05, 0.1) is 22.8 Å². The van der Waals surface area contributed by atoms with Crippen LogP contribution in [-0.4, -0.2) is 9.78 Å². The number of aromatic nitrogens is 2. The Morgan fingerprint density at radius 3 is 2.39 bits per heavy atom. The second-order valence-electron chi connectivity index (χ2n) is 4.53. The van der Waals surface area contributed by atoms with Crippen LogP contribution in [0, 0.1) is 13.8 Å². The predicted octanol–water partition coefficient (Wildman–Crippen LogP) is 3.22. The van der Waals surface area contributed by atoms with Gasteiger partial charge >= 0.3 is 0 Å². The molecule has 2 N–H and O–H groups in total. The van der Waals surface area contributed by atoms with Crippen LogP contribution in [-0.2, 0) is 0 Å². The zero-order valence-electron chi connectivity index (χ0n) is 10.5. The van der Waals surface area contributed by atoms with E-state index in [4.69, 9.17) is 5.73 Å². The van der Waals surface area contributed by atoms with Crippen molar-refractivity contribution in [2.45, 2.75) is 13.8 Å². The van der Waals surface area contributed by atoms with Gasteiger partial charge in [-0.05, 0) is 36.8 Å². The Hall–Kier alpha value is -2.29. The molecule has 90 valence electrons. The summed E-state index contributed by atoms with van der Waals surface area (Å²) in [5, 5.41) is 6.92.